The van der Waals surface area contributed by atoms with Gasteiger partial charge in [0.1, 0.15) is 6.67 Å². The Kier molecular flexibility index (Phi) is 5.83. The molecule has 6 nitrogen and oxygen atoms in total. The minimum atomic E-state index is -0.616. The molecule has 0 bridgehead atoms. The zero-order valence-corrected chi connectivity index (χ0v) is 16.8. The number of nitrogens with zero attached hydrogens (tertiary/aromatic N) is 4. The zero-order valence-electron chi connectivity index (χ0n) is 16.8. The number of halogens is 1. The van der Waals surface area contributed by atoms with Crippen molar-refractivity contribution >= 4 is 10.9 Å². The molecule has 1 atom stereocenters. The van der Waals surface area contributed by atoms with Crippen LogP contribution in [0.15, 0.2) is 54.7 Å². The third-order valence-electron chi connectivity index (χ3n) is 5.14. The molecule has 0 saturated carbocycles. The number of rotatable bonds is 7. The highest BCUT2D eigenvalue weighted by molar-refractivity contribution is 5.88. The number of nitrogens with two attached hydrogens (primary N) is 1. The van der Waals surface area contributed by atoms with E-state index in [1.165, 1.54) is 0 Å². The van der Waals surface area contributed by atoms with Crippen molar-refractivity contribution in [2.24, 2.45) is 5.73 Å². The number of hydrogen-bond donors (Lipinski definition) is 2. The number of alkyl halides is 1. The van der Waals surface area contributed by atoms with Gasteiger partial charge in [0, 0.05) is 17.0 Å². The Bertz CT molecular complexity index is 1170. The normalized spacial score (nSPS) is 12.4. The Hall–Kier alpha value is -3.16. The van der Waals surface area contributed by atoms with Gasteiger partial charge in [0.2, 0.25) is 0 Å². The molecule has 0 spiro atoms. The second-order valence-corrected chi connectivity index (χ2v) is 7.25. The largest absolute Gasteiger partial charge is 0.390 e. The molecule has 0 saturated heterocycles. The van der Waals surface area contributed by atoms with E-state index < -0.39 is 6.67 Å². The van der Waals surface area contributed by atoms with Crippen molar-refractivity contribution in [1.29, 1.82) is 0 Å². The van der Waals surface area contributed by atoms with E-state index in [0.29, 0.717) is 17.1 Å². The number of fused-ring (bicyclic) bond motifs is 1. The average Bonchev–Trinajstić information content (AvgIpc) is 3.23. The monoisotopic (exact) mass is 405 g/mol. The lowest BCUT2D eigenvalue weighted by Gasteiger charge is -2.12. The summed E-state index contributed by atoms with van der Waals surface area (Å²) >= 11 is 0. The van der Waals surface area contributed by atoms with E-state index in [2.05, 4.69) is 17.0 Å². The highest BCUT2D eigenvalue weighted by atomic mass is 19.1. The summed E-state index contributed by atoms with van der Waals surface area (Å²) in [5.41, 5.74) is 10.4. The molecule has 154 valence electrons. The van der Waals surface area contributed by atoms with E-state index in [0.717, 1.165) is 40.7 Å². The number of aromatic nitrogens is 4. The number of pyridine rings is 2. The van der Waals surface area contributed by atoms with Gasteiger partial charge in [0.15, 0.2) is 5.82 Å². The van der Waals surface area contributed by atoms with Gasteiger partial charge in [0.05, 0.1) is 35.4 Å². The Morgan fingerprint density at radius 3 is 2.73 bits per heavy atom. The first kappa shape index (κ1) is 20.1. The Morgan fingerprint density at radius 1 is 1.13 bits per heavy atom. The van der Waals surface area contributed by atoms with E-state index in [1.807, 2.05) is 36.4 Å². The molecule has 0 fully saturated rings. The number of aliphatic hydroxyl groups excluding tert-OH is 1. The van der Waals surface area contributed by atoms with Crippen LogP contribution in [0, 0.1) is 0 Å². The molecule has 7 heteroatoms. The van der Waals surface area contributed by atoms with E-state index in [9.17, 15) is 9.50 Å². The molecular formula is C23H24FN5O. The highest BCUT2D eigenvalue weighted by Crippen LogP contribution is 2.29. The van der Waals surface area contributed by atoms with Crippen LogP contribution in [0.25, 0.3) is 28.0 Å². The van der Waals surface area contributed by atoms with E-state index in [1.54, 1.807) is 23.0 Å². The van der Waals surface area contributed by atoms with Crippen LogP contribution in [0.1, 0.15) is 42.8 Å². The summed E-state index contributed by atoms with van der Waals surface area (Å²) in [6.07, 6.45) is 3.47. The highest BCUT2D eigenvalue weighted by Gasteiger charge is 2.15. The van der Waals surface area contributed by atoms with Crippen LogP contribution in [0.4, 0.5) is 4.39 Å². The molecule has 0 aliphatic heterocycles. The number of benzene rings is 1. The summed E-state index contributed by atoms with van der Waals surface area (Å²) in [4.78, 5) is 9.16. The van der Waals surface area contributed by atoms with Crippen LogP contribution in [-0.2, 0) is 13.3 Å². The summed E-state index contributed by atoms with van der Waals surface area (Å²) in [5.74, 6) is 0.560. The molecular weight excluding hydrogens is 381 g/mol. The maximum absolute atomic E-state index is 13.9. The number of aliphatic hydroxyl groups is 1. The summed E-state index contributed by atoms with van der Waals surface area (Å²) in [5, 5.41) is 14.5. The summed E-state index contributed by atoms with van der Waals surface area (Å²) in [6.45, 7) is 1.31. The van der Waals surface area contributed by atoms with Crippen molar-refractivity contribution in [2.45, 2.75) is 39.1 Å². The van der Waals surface area contributed by atoms with Crippen LogP contribution in [0.5, 0.6) is 0 Å². The van der Waals surface area contributed by atoms with Crippen LogP contribution >= 0.6 is 0 Å². The predicted octanol–water partition coefficient (Wildman–Crippen LogP) is 4.24. The van der Waals surface area contributed by atoms with Gasteiger partial charge in [-0.15, -0.1) is 0 Å². The Morgan fingerprint density at radius 2 is 1.97 bits per heavy atom. The first-order valence-electron chi connectivity index (χ1n) is 10.0. The lowest BCUT2D eigenvalue weighted by atomic mass is 10.0. The molecule has 1 aromatic carbocycles. The van der Waals surface area contributed by atoms with Crippen LogP contribution in [0.2, 0.25) is 0 Å². The molecule has 3 heterocycles. The lowest BCUT2D eigenvalue weighted by molar-refractivity contribution is 0.276. The molecule has 4 aromatic rings. The molecule has 1 unspecified atom stereocenters. The minimum absolute atomic E-state index is 0.129. The third kappa shape index (κ3) is 3.81. The fourth-order valence-electron chi connectivity index (χ4n) is 3.59. The van der Waals surface area contributed by atoms with Gasteiger partial charge >= 0.3 is 0 Å². The van der Waals surface area contributed by atoms with E-state index >= 15 is 0 Å². The molecule has 3 aromatic heterocycles. The number of hydrogen-bond acceptors (Lipinski definition) is 5. The average molecular weight is 405 g/mol. The first-order valence-corrected chi connectivity index (χ1v) is 10.0. The first-order chi connectivity index (χ1) is 14.6. The minimum Gasteiger partial charge on any atom is -0.390 e. The van der Waals surface area contributed by atoms with Crippen molar-refractivity contribution in [3.05, 3.63) is 71.7 Å². The standard InChI is InChI=1S/C23H24FN5O/c1-2-5-19(25)21-8-4-7-20(28-21)15-10-16(12-24)18-13-26-29(22(18)11-15)23-9-3-6-17(14-30)27-23/h3-4,6-11,13,19,30H,2,5,12,14,25H2,1H3. The molecule has 3 N–H and O–H groups in total. The van der Waals surface area contributed by atoms with Gasteiger partial charge in [-0.3, -0.25) is 4.98 Å². The van der Waals surface area contributed by atoms with Crippen molar-refractivity contribution in [1.82, 2.24) is 19.7 Å². The maximum atomic E-state index is 13.9. The molecule has 0 radical (unpaired) electrons. The van der Waals surface area contributed by atoms with Gasteiger partial charge in [-0.1, -0.05) is 25.5 Å². The van der Waals surface area contributed by atoms with Crippen molar-refractivity contribution in [3.63, 3.8) is 0 Å². The predicted molar refractivity (Wildman–Crippen MR) is 115 cm³/mol. The summed E-state index contributed by atoms with van der Waals surface area (Å²) < 4.78 is 15.5. The van der Waals surface area contributed by atoms with Crippen LogP contribution in [0.3, 0.4) is 0 Å². The molecule has 30 heavy (non-hydrogen) atoms. The maximum Gasteiger partial charge on any atom is 0.154 e. The summed E-state index contributed by atoms with van der Waals surface area (Å²) in [6, 6.07) is 14.7. The van der Waals surface area contributed by atoms with Crippen molar-refractivity contribution < 1.29 is 9.50 Å². The topological polar surface area (TPSA) is 89.8 Å². The fraction of sp³-hybridized carbons (Fsp3) is 0.261. The van der Waals surface area contributed by atoms with Gasteiger partial charge in [-0.25, -0.2) is 14.1 Å². The van der Waals surface area contributed by atoms with Crippen LogP contribution < -0.4 is 5.73 Å². The zero-order chi connectivity index (χ0) is 21.1. The smallest absolute Gasteiger partial charge is 0.154 e. The third-order valence-corrected chi connectivity index (χ3v) is 5.14. The van der Waals surface area contributed by atoms with Crippen molar-refractivity contribution in [2.75, 3.05) is 0 Å². The van der Waals surface area contributed by atoms with E-state index in [-0.39, 0.29) is 12.6 Å². The lowest BCUT2D eigenvalue weighted by Crippen LogP contribution is -2.11. The quantitative estimate of drug-likeness (QED) is 0.480. The van der Waals surface area contributed by atoms with Crippen LogP contribution in [-0.4, -0.2) is 24.9 Å². The molecule has 0 amide bonds. The Labute approximate surface area is 174 Å². The van der Waals surface area contributed by atoms with Gasteiger partial charge in [-0.05, 0) is 48.4 Å². The van der Waals surface area contributed by atoms with Gasteiger partial charge < -0.3 is 10.8 Å². The fourth-order valence-corrected chi connectivity index (χ4v) is 3.59. The molecule has 0 aliphatic carbocycles. The van der Waals surface area contributed by atoms with Gasteiger partial charge in [-0.2, -0.15) is 5.10 Å². The summed E-state index contributed by atoms with van der Waals surface area (Å²) in [7, 11) is 0. The van der Waals surface area contributed by atoms with Crippen molar-refractivity contribution in [3.8, 4) is 17.1 Å². The molecule has 0 aliphatic rings. The SMILES string of the molecule is CCCC(N)c1cccc(-c2cc(CF)c3cnn(-c4cccc(CO)n4)c3c2)n1. The van der Waals surface area contributed by atoms with Gasteiger partial charge in [0.25, 0.3) is 0 Å². The van der Waals surface area contributed by atoms with E-state index in [4.69, 9.17) is 10.7 Å². The second kappa shape index (κ2) is 8.69. The Balaban J connectivity index is 1.85. The second-order valence-electron chi connectivity index (χ2n) is 7.25. The molecule has 4 rings (SSSR count).